The minimum Gasteiger partial charge on any atom is -0.493 e. The molecule has 0 saturated heterocycles. The topological polar surface area (TPSA) is 40.6 Å². The number of pyridine rings is 1. The lowest BCUT2D eigenvalue weighted by Gasteiger charge is -2.14. The highest BCUT2D eigenvalue weighted by Crippen LogP contribution is 2.39. The van der Waals surface area contributed by atoms with Crippen LogP contribution in [0.1, 0.15) is 11.3 Å². The third kappa shape index (κ3) is 3.93. The highest BCUT2D eigenvalue weighted by atomic mass is 35.5. The molecule has 1 heterocycles. The van der Waals surface area contributed by atoms with Gasteiger partial charge in [-0.15, -0.1) is 12.4 Å². The van der Waals surface area contributed by atoms with E-state index in [1.165, 1.54) is 0 Å². The van der Waals surface area contributed by atoms with Gasteiger partial charge in [-0.3, -0.25) is 4.98 Å². The van der Waals surface area contributed by atoms with Crippen LogP contribution in [0.4, 0.5) is 0 Å². The van der Waals surface area contributed by atoms with Crippen molar-refractivity contribution in [2.24, 2.45) is 0 Å². The molecule has 26 heavy (non-hydrogen) atoms. The molecular formula is C19H18Cl3NO3. The molecule has 0 unspecified atom stereocenters. The van der Waals surface area contributed by atoms with Gasteiger partial charge in [-0.1, -0.05) is 23.2 Å². The van der Waals surface area contributed by atoms with Gasteiger partial charge < -0.3 is 14.2 Å². The van der Waals surface area contributed by atoms with Crippen molar-refractivity contribution in [3.63, 3.8) is 0 Å². The maximum absolute atomic E-state index is 6.18. The number of nitrogens with zero attached hydrogens (tertiary/aromatic N) is 1. The van der Waals surface area contributed by atoms with Gasteiger partial charge in [0.25, 0.3) is 0 Å². The maximum atomic E-state index is 6.18. The molecule has 0 atom stereocenters. The van der Waals surface area contributed by atoms with Crippen LogP contribution in [-0.2, 0) is 6.42 Å². The van der Waals surface area contributed by atoms with Gasteiger partial charge in [-0.05, 0) is 41.3 Å². The summed E-state index contributed by atoms with van der Waals surface area (Å²) in [7, 11) is 4.77. The summed E-state index contributed by atoms with van der Waals surface area (Å²) >= 11 is 12.3. The molecule has 1 aromatic heterocycles. The zero-order chi connectivity index (χ0) is 18.0. The standard InChI is InChI=1S/C19H17Cl2NO3.ClH/c1-23-17-7-11(8-18(24-2)19(17)25-3)6-16-13-10-15(21)14(20)9-12(13)4-5-22-16;/h4-5,7-10H,6H2,1-3H3;1H. The number of halogens is 3. The Morgan fingerprint density at radius 1 is 0.885 bits per heavy atom. The third-order valence-corrected chi connectivity index (χ3v) is 4.71. The van der Waals surface area contributed by atoms with E-state index in [1.54, 1.807) is 27.5 Å². The quantitative estimate of drug-likeness (QED) is 0.546. The van der Waals surface area contributed by atoms with Gasteiger partial charge in [-0.2, -0.15) is 0 Å². The molecule has 0 saturated carbocycles. The van der Waals surface area contributed by atoms with E-state index in [0.717, 1.165) is 22.0 Å². The van der Waals surface area contributed by atoms with Crippen LogP contribution >= 0.6 is 35.6 Å². The summed E-state index contributed by atoms with van der Waals surface area (Å²) in [5.41, 5.74) is 1.88. The molecule has 3 rings (SSSR count). The van der Waals surface area contributed by atoms with Crippen LogP contribution in [0.15, 0.2) is 36.5 Å². The Kier molecular flexibility index (Phi) is 6.81. The van der Waals surface area contributed by atoms with Gasteiger partial charge in [0.05, 0.1) is 37.1 Å². The van der Waals surface area contributed by atoms with Crippen LogP contribution in [0.3, 0.4) is 0 Å². The van der Waals surface area contributed by atoms with Crippen molar-refractivity contribution < 1.29 is 14.2 Å². The molecule has 138 valence electrons. The van der Waals surface area contributed by atoms with Crippen LogP contribution < -0.4 is 14.2 Å². The number of hydrogen-bond donors (Lipinski definition) is 0. The van der Waals surface area contributed by atoms with Crippen molar-refractivity contribution in [1.29, 1.82) is 0 Å². The summed E-state index contributed by atoms with van der Waals surface area (Å²) in [6, 6.07) is 9.44. The Morgan fingerprint density at radius 3 is 2.08 bits per heavy atom. The van der Waals surface area contributed by atoms with E-state index in [0.29, 0.717) is 33.7 Å². The largest absolute Gasteiger partial charge is 0.493 e. The lowest BCUT2D eigenvalue weighted by atomic mass is 10.0. The van der Waals surface area contributed by atoms with E-state index in [2.05, 4.69) is 4.98 Å². The average molecular weight is 415 g/mol. The number of hydrogen-bond acceptors (Lipinski definition) is 4. The van der Waals surface area contributed by atoms with E-state index in [1.807, 2.05) is 30.3 Å². The fourth-order valence-corrected chi connectivity index (χ4v) is 3.13. The van der Waals surface area contributed by atoms with Crippen molar-refractivity contribution in [3.05, 3.63) is 57.8 Å². The lowest BCUT2D eigenvalue weighted by Crippen LogP contribution is -1.99. The molecule has 7 heteroatoms. The predicted octanol–water partition coefficient (Wildman–Crippen LogP) is 5.58. The third-order valence-electron chi connectivity index (χ3n) is 3.98. The molecule has 0 bridgehead atoms. The van der Waals surface area contributed by atoms with Gasteiger partial charge in [0, 0.05) is 18.0 Å². The summed E-state index contributed by atoms with van der Waals surface area (Å²) in [6.07, 6.45) is 2.35. The molecule has 0 amide bonds. The molecule has 4 nitrogen and oxygen atoms in total. The second kappa shape index (κ2) is 8.67. The average Bonchev–Trinajstić information content (AvgIpc) is 2.62. The Balaban J connectivity index is 0.00000243. The number of aromatic nitrogens is 1. The van der Waals surface area contributed by atoms with E-state index in [-0.39, 0.29) is 12.4 Å². The van der Waals surface area contributed by atoms with Gasteiger partial charge in [-0.25, -0.2) is 0 Å². The number of fused-ring (bicyclic) bond motifs is 1. The number of ether oxygens (including phenoxy) is 3. The van der Waals surface area contributed by atoms with E-state index < -0.39 is 0 Å². The molecule has 2 aromatic carbocycles. The molecule has 0 radical (unpaired) electrons. The van der Waals surface area contributed by atoms with Gasteiger partial charge >= 0.3 is 0 Å². The highest BCUT2D eigenvalue weighted by molar-refractivity contribution is 6.42. The summed E-state index contributed by atoms with van der Waals surface area (Å²) in [5, 5.41) is 2.99. The molecule has 0 aliphatic carbocycles. The number of benzene rings is 2. The maximum Gasteiger partial charge on any atom is 0.203 e. The van der Waals surface area contributed by atoms with Gasteiger partial charge in [0.1, 0.15) is 0 Å². The van der Waals surface area contributed by atoms with Crippen LogP contribution in [-0.4, -0.2) is 26.3 Å². The summed E-state index contributed by atoms with van der Waals surface area (Å²) in [5.74, 6) is 1.78. The van der Waals surface area contributed by atoms with Crippen LogP contribution in [0.5, 0.6) is 17.2 Å². The van der Waals surface area contributed by atoms with Crippen LogP contribution in [0, 0.1) is 0 Å². The number of methoxy groups -OCH3 is 3. The first-order valence-electron chi connectivity index (χ1n) is 7.59. The summed E-state index contributed by atoms with van der Waals surface area (Å²) < 4.78 is 16.2. The fourth-order valence-electron chi connectivity index (χ4n) is 2.80. The Hall–Kier alpha value is -1.88. The smallest absolute Gasteiger partial charge is 0.203 e. The van der Waals surface area contributed by atoms with Crippen LogP contribution in [0.25, 0.3) is 10.8 Å². The molecule has 0 fully saturated rings. The highest BCUT2D eigenvalue weighted by Gasteiger charge is 2.15. The van der Waals surface area contributed by atoms with Crippen LogP contribution in [0.2, 0.25) is 10.0 Å². The number of rotatable bonds is 5. The van der Waals surface area contributed by atoms with Gasteiger partial charge in [0.15, 0.2) is 11.5 Å². The molecule has 3 aromatic rings. The van der Waals surface area contributed by atoms with Crippen molar-refractivity contribution in [2.45, 2.75) is 6.42 Å². The van der Waals surface area contributed by atoms with E-state index in [9.17, 15) is 0 Å². The Bertz CT molecular complexity index is 906. The monoisotopic (exact) mass is 413 g/mol. The SMILES string of the molecule is COc1cc(Cc2nccc3cc(Cl)c(Cl)cc23)cc(OC)c1OC.Cl. The first-order chi connectivity index (χ1) is 12.1. The molecular weight excluding hydrogens is 397 g/mol. The van der Waals surface area contributed by atoms with Crippen molar-refractivity contribution >= 4 is 46.4 Å². The zero-order valence-electron chi connectivity index (χ0n) is 14.5. The van der Waals surface area contributed by atoms with Crippen molar-refractivity contribution in [1.82, 2.24) is 4.98 Å². The van der Waals surface area contributed by atoms with Crippen molar-refractivity contribution in [3.8, 4) is 17.2 Å². The summed E-state index contributed by atoms with van der Waals surface area (Å²) in [4.78, 5) is 4.51. The first kappa shape index (κ1) is 20.4. The molecule has 0 aliphatic rings. The lowest BCUT2D eigenvalue weighted by molar-refractivity contribution is 0.324. The first-order valence-corrected chi connectivity index (χ1v) is 8.34. The van der Waals surface area contributed by atoms with E-state index in [4.69, 9.17) is 37.4 Å². The normalized spacial score (nSPS) is 10.3. The van der Waals surface area contributed by atoms with E-state index >= 15 is 0 Å². The van der Waals surface area contributed by atoms with Crippen molar-refractivity contribution in [2.75, 3.05) is 21.3 Å². The van der Waals surface area contributed by atoms with Gasteiger partial charge in [0.2, 0.25) is 5.75 Å². The minimum absolute atomic E-state index is 0. The Labute approximate surface area is 168 Å². The molecule has 0 spiro atoms. The Morgan fingerprint density at radius 2 is 1.50 bits per heavy atom. The molecule has 0 N–H and O–H groups in total. The second-order valence-corrected chi connectivity index (χ2v) is 6.27. The predicted molar refractivity (Wildman–Crippen MR) is 108 cm³/mol. The minimum atomic E-state index is 0. The summed E-state index contributed by atoms with van der Waals surface area (Å²) in [6.45, 7) is 0. The molecule has 0 aliphatic heterocycles. The second-order valence-electron chi connectivity index (χ2n) is 5.46. The zero-order valence-corrected chi connectivity index (χ0v) is 16.8. The fraction of sp³-hybridized carbons (Fsp3) is 0.211.